The second-order valence-corrected chi connectivity index (χ2v) is 6.28. The van der Waals surface area contributed by atoms with Crippen molar-refractivity contribution in [2.24, 2.45) is 0 Å². The van der Waals surface area contributed by atoms with E-state index < -0.39 is 7.82 Å². The first-order valence-corrected chi connectivity index (χ1v) is 8.79. The van der Waals surface area contributed by atoms with Gasteiger partial charge in [0.05, 0.1) is 19.8 Å². The third kappa shape index (κ3) is 7.58. The fraction of sp³-hybridized carbons (Fsp3) is 0.500. The van der Waals surface area contributed by atoms with Crippen LogP contribution in [-0.2, 0) is 24.6 Å². The van der Waals surface area contributed by atoms with E-state index in [4.69, 9.17) is 13.6 Å². The van der Waals surface area contributed by atoms with Crippen LogP contribution in [0.5, 0.6) is 0 Å². The largest absolute Gasteiger partial charge is 0.475 e. The highest BCUT2D eigenvalue weighted by molar-refractivity contribution is 7.48. The topological polar surface area (TPSA) is 44.8 Å². The van der Waals surface area contributed by atoms with Gasteiger partial charge >= 0.3 is 7.82 Å². The maximum atomic E-state index is 12.1. The molecule has 0 atom stereocenters. The van der Waals surface area contributed by atoms with Gasteiger partial charge in [-0.15, -0.1) is 0 Å². The number of hydrogen-bond donors (Lipinski definition) is 0. The van der Waals surface area contributed by atoms with E-state index in [0.29, 0.717) is 13.2 Å². The van der Waals surface area contributed by atoms with Crippen molar-refractivity contribution in [3.05, 3.63) is 47.5 Å². The molecule has 0 aliphatic rings. The Morgan fingerprint density at radius 1 is 1.10 bits per heavy atom. The molecule has 0 radical (unpaired) electrons. The van der Waals surface area contributed by atoms with Gasteiger partial charge in [0.2, 0.25) is 0 Å². The molecule has 0 aromatic heterocycles. The van der Waals surface area contributed by atoms with Crippen molar-refractivity contribution in [3.63, 3.8) is 0 Å². The number of aryl methyl sites for hydroxylation is 1. The number of phosphoric acid groups is 1. The minimum Gasteiger partial charge on any atom is -0.287 e. The third-order valence-electron chi connectivity index (χ3n) is 2.89. The second-order valence-electron chi connectivity index (χ2n) is 4.61. The average molecular weight is 312 g/mol. The minimum atomic E-state index is -3.40. The molecule has 1 aromatic rings. The van der Waals surface area contributed by atoms with Crippen LogP contribution in [0.25, 0.3) is 0 Å². The first-order valence-electron chi connectivity index (χ1n) is 7.33. The average Bonchev–Trinajstić information content (AvgIpc) is 2.47. The van der Waals surface area contributed by atoms with Crippen LogP contribution < -0.4 is 0 Å². The van der Waals surface area contributed by atoms with Gasteiger partial charge < -0.3 is 0 Å². The van der Waals surface area contributed by atoms with E-state index >= 15 is 0 Å². The number of benzene rings is 1. The molecule has 0 aliphatic carbocycles. The number of hydrogen-bond acceptors (Lipinski definition) is 4. The fourth-order valence-corrected chi connectivity index (χ4v) is 2.90. The highest BCUT2D eigenvalue weighted by Gasteiger charge is 2.24. The molecule has 0 fully saturated rings. The Hall–Kier alpha value is -0.930. The molecular weight excluding hydrogens is 287 g/mol. The summed E-state index contributed by atoms with van der Waals surface area (Å²) in [6, 6.07) is 10.3. The number of allylic oxidation sites excluding steroid dienone is 1. The van der Waals surface area contributed by atoms with E-state index in [1.165, 1.54) is 11.1 Å². The van der Waals surface area contributed by atoms with Gasteiger partial charge in [0.1, 0.15) is 0 Å². The molecular formula is C16H25O4P. The maximum absolute atomic E-state index is 12.1. The first-order chi connectivity index (χ1) is 10.1. The highest BCUT2D eigenvalue weighted by atomic mass is 31.2. The molecule has 0 N–H and O–H groups in total. The Balaban J connectivity index is 2.39. The van der Waals surface area contributed by atoms with Crippen LogP contribution in [0.1, 0.15) is 32.8 Å². The first kappa shape index (κ1) is 18.1. The summed E-state index contributed by atoms with van der Waals surface area (Å²) < 4.78 is 27.5. The summed E-state index contributed by atoms with van der Waals surface area (Å²) in [7, 11) is -3.40. The lowest BCUT2D eigenvalue weighted by atomic mass is 10.1. The van der Waals surface area contributed by atoms with Crippen LogP contribution in [-0.4, -0.2) is 19.8 Å². The normalized spacial score (nSPS) is 12.6. The zero-order valence-electron chi connectivity index (χ0n) is 13.1. The van der Waals surface area contributed by atoms with Crippen LogP contribution in [0.4, 0.5) is 0 Å². The molecule has 1 rings (SSSR count). The Morgan fingerprint density at radius 3 is 2.29 bits per heavy atom. The fourth-order valence-electron chi connectivity index (χ4n) is 1.79. The van der Waals surface area contributed by atoms with Crippen LogP contribution in [0, 0.1) is 0 Å². The second kappa shape index (κ2) is 9.91. The monoisotopic (exact) mass is 312 g/mol. The summed E-state index contributed by atoms with van der Waals surface area (Å²) in [5.41, 5.74) is 2.50. The third-order valence-corrected chi connectivity index (χ3v) is 4.50. The van der Waals surface area contributed by atoms with Gasteiger partial charge in [0, 0.05) is 0 Å². The SMILES string of the molecule is CCOP(=O)(OCC)OC/C=C(\C)CCc1ccccc1. The van der Waals surface area contributed by atoms with E-state index in [9.17, 15) is 4.57 Å². The molecule has 0 unspecified atom stereocenters. The summed E-state index contributed by atoms with van der Waals surface area (Å²) in [6.45, 7) is 6.39. The molecule has 0 spiro atoms. The van der Waals surface area contributed by atoms with E-state index in [1.807, 2.05) is 31.2 Å². The highest BCUT2D eigenvalue weighted by Crippen LogP contribution is 2.49. The van der Waals surface area contributed by atoms with Crippen molar-refractivity contribution in [2.75, 3.05) is 19.8 Å². The molecule has 4 nitrogen and oxygen atoms in total. The summed E-state index contributed by atoms with van der Waals surface area (Å²) in [4.78, 5) is 0. The van der Waals surface area contributed by atoms with Gasteiger partial charge in [-0.2, -0.15) is 0 Å². The van der Waals surface area contributed by atoms with Crippen molar-refractivity contribution in [1.29, 1.82) is 0 Å². The number of rotatable bonds is 10. The van der Waals surface area contributed by atoms with Crippen LogP contribution in [0.2, 0.25) is 0 Å². The van der Waals surface area contributed by atoms with Crippen molar-refractivity contribution in [3.8, 4) is 0 Å². The molecule has 118 valence electrons. The summed E-state index contributed by atoms with van der Waals surface area (Å²) in [5.74, 6) is 0. The van der Waals surface area contributed by atoms with Crippen molar-refractivity contribution in [1.82, 2.24) is 0 Å². The van der Waals surface area contributed by atoms with E-state index in [1.54, 1.807) is 13.8 Å². The lowest BCUT2D eigenvalue weighted by Gasteiger charge is -2.15. The van der Waals surface area contributed by atoms with Gasteiger partial charge in [-0.05, 0) is 39.2 Å². The Kier molecular flexibility index (Phi) is 8.55. The molecule has 0 saturated carbocycles. The van der Waals surface area contributed by atoms with E-state index in [2.05, 4.69) is 12.1 Å². The molecule has 0 saturated heterocycles. The molecule has 5 heteroatoms. The van der Waals surface area contributed by atoms with Crippen molar-refractivity contribution >= 4 is 7.82 Å². The van der Waals surface area contributed by atoms with Gasteiger partial charge in [-0.25, -0.2) is 4.57 Å². The molecule has 0 amide bonds. The van der Waals surface area contributed by atoms with Gasteiger partial charge in [-0.3, -0.25) is 13.6 Å². The lowest BCUT2D eigenvalue weighted by Crippen LogP contribution is -2.00. The predicted octanol–water partition coefficient (Wildman–Crippen LogP) is 4.76. The molecule has 0 aliphatic heterocycles. The molecule has 1 aromatic carbocycles. The Bertz CT molecular complexity index is 460. The maximum Gasteiger partial charge on any atom is 0.475 e. The zero-order valence-corrected chi connectivity index (χ0v) is 14.0. The zero-order chi connectivity index (χ0) is 15.6. The standard InChI is InChI=1S/C16H25O4P/c1-4-18-21(17,19-5-2)20-14-13-15(3)11-12-16-9-7-6-8-10-16/h6-10,13H,4-5,11-12,14H2,1-3H3/b15-13+. The van der Waals surface area contributed by atoms with Crippen molar-refractivity contribution < 1.29 is 18.1 Å². The summed E-state index contributed by atoms with van der Waals surface area (Å²) in [6.07, 6.45) is 3.85. The van der Waals surface area contributed by atoms with Gasteiger partial charge in [0.15, 0.2) is 0 Å². The van der Waals surface area contributed by atoms with E-state index in [-0.39, 0.29) is 6.61 Å². The lowest BCUT2D eigenvalue weighted by molar-refractivity contribution is 0.131. The summed E-state index contributed by atoms with van der Waals surface area (Å²) >= 11 is 0. The Morgan fingerprint density at radius 2 is 1.71 bits per heavy atom. The smallest absolute Gasteiger partial charge is 0.287 e. The van der Waals surface area contributed by atoms with Gasteiger partial charge in [-0.1, -0.05) is 42.0 Å². The quantitative estimate of drug-likeness (QED) is 0.461. The van der Waals surface area contributed by atoms with Crippen LogP contribution in [0.15, 0.2) is 42.0 Å². The molecule has 0 heterocycles. The number of phosphoric ester groups is 1. The van der Waals surface area contributed by atoms with Crippen molar-refractivity contribution in [2.45, 2.75) is 33.6 Å². The predicted molar refractivity (Wildman–Crippen MR) is 85.3 cm³/mol. The summed E-state index contributed by atoms with van der Waals surface area (Å²) in [5, 5.41) is 0. The molecule has 21 heavy (non-hydrogen) atoms. The van der Waals surface area contributed by atoms with Gasteiger partial charge in [0.25, 0.3) is 0 Å². The Labute approximate surface area is 127 Å². The molecule has 0 bridgehead atoms. The van der Waals surface area contributed by atoms with Crippen LogP contribution >= 0.6 is 7.82 Å². The minimum absolute atomic E-state index is 0.234. The van der Waals surface area contributed by atoms with Crippen LogP contribution in [0.3, 0.4) is 0 Å². The van der Waals surface area contributed by atoms with E-state index in [0.717, 1.165) is 12.8 Å².